The van der Waals surface area contributed by atoms with Crippen LogP contribution in [0.15, 0.2) is 0 Å². The topological polar surface area (TPSA) is 20.2 Å². The summed E-state index contributed by atoms with van der Waals surface area (Å²) >= 11 is 0. The molecule has 0 aromatic carbocycles. The summed E-state index contributed by atoms with van der Waals surface area (Å²) in [7, 11) is 0. The van der Waals surface area contributed by atoms with E-state index in [0.29, 0.717) is 5.92 Å². The van der Waals surface area contributed by atoms with Gasteiger partial charge in [-0.05, 0) is 24.7 Å². The van der Waals surface area contributed by atoms with Gasteiger partial charge in [0.1, 0.15) is 5.60 Å². The van der Waals surface area contributed by atoms with Crippen LogP contribution in [0.1, 0.15) is 34.1 Å². The molecule has 0 aliphatic heterocycles. The quantitative estimate of drug-likeness (QED) is 0.591. The van der Waals surface area contributed by atoms with Crippen molar-refractivity contribution in [2.24, 2.45) is 17.3 Å². The van der Waals surface area contributed by atoms with E-state index in [1.54, 1.807) is 6.92 Å². The molecular formula is C11H18O. The lowest BCUT2D eigenvalue weighted by Crippen LogP contribution is -2.54. The van der Waals surface area contributed by atoms with Crippen LogP contribution in [0, 0.1) is 29.6 Å². The molecule has 3 unspecified atom stereocenters. The molecule has 1 fully saturated rings. The summed E-state index contributed by atoms with van der Waals surface area (Å²) in [6.07, 6.45) is 6.33. The third kappa shape index (κ3) is 1.15. The Hall–Kier alpha value is -0.480. The Morgan fingerprint density at radius 2 is 2.08 bits per heavy atom. The van der Waals surface area contributed by atoms with Crippen molar-refractivity contribution in [1.82, 2.24) is 0 Å². The first kappa shape index (κ1) is 9.61. The Bertz CT molecular complexity index is 220. The van der Waals surface area contributed by atoms with Gasteiger partial charge in [-0.1, -0.05) is 26.7 Å². The minimum absolute atomic E-state index is 0.190. The number of hydrogen-bond donors (Lipinski definition) is 1. The summed E-state index contributed by atoms with van der Waals surface area (Å²) in [5, 5.41) is 9.86. The zero-order chi connectivity index (χ0) is 9.57. The monoisotopic (exact) mass is 166 g/mol. The largest absolute Gasteiger partial charge is 0.378 e. The highest BCUT2D eigenvalue weighted by atomic mass is 16.3. The first-order valence-corrected chi connectivity index (χ1v) is 4.52. The van der Waals surface area contributed by atoms with Gasteiger partial charge in [0.15, 0.2) is 0 Å². The Kier molecular flexibility index (Phi) is 2.00. The molecule has 0 amide bonds. The van der Waals surface area contributed by atoms with E-state index in [9.17, 15) is 5.11 Å². The smallest absolute Gasteiger partial charge is 0.125 e. The Morgan fingerprint density at radius 3 is 2.33 bits per heavy atom. The van der Waals surface area contributed by atoms with Gasteiger partial charge >= 0.3 is 0 Å². The summed E-state index contributed by atoms with van der Waals surface area (Å²) in [6.45, 7) is 8.31. The fraction of sp³-hybridized carbons (Fsp3) is 0.818. The van der Waals surface area contributed by atoms with Crippen LogP contribution in [-0.2, 0) is 0 Å². The van der Waals surface area contributed by atoms with E-state index in [1.165, 1.54) is 0 Å². The fourth-order valence-electron chi connectivity index (χ4n) is 2.20. The molecule has 0 aromatic heterocycles. The van der Waals surface area contributed by atoms with Crippen molar-refractivity contribution in [3.8, 4) is 12.3 Å². The van der Waals surface area contributed by atoms with E-state index in [2.05, 4.69) is 26.7 Å². The van der Waals surface area contributed by atoms with Gasteiger partial charge in [-0.15, -0.1) is 6.42 Å². The molecule has 12 heavy (non-hydrogen) atoms. The normalized spacial score (nSPS) is 37.7. The van der Waals surface area contributed by atoms with Crippen LogP contribution in [0.2, 0.25) is 0 Å². The lowest BCUT2D eigenvalue weighted by atomic mass is 9.51. The first-order chi connectivity index (χ1) is 5.32. The highest BCUT2D eigenvalue weighted by Gasteiger charge is 2.52. The summed E-state index contributed by atoms with van der Waals surface area (Å²) in [6, 6.07) is 0. The molecule has 1 aliphatic rings. The molecular weight excluding hydrogens is 148 g/mol. The highest BCUT2D eigenvalue weighted by Crippen LogP contribution is 2.55. The minimum Gasteiger partial charge on any atom is -0.378 e. The molecule has 0 heterocycles. The van der Waals surface area contributed by atoms with Crippen molar-refractivity contribution in [2.45, 2.75) is 39.7 Å². The van der Waals surface area contributed by atoms with Crippen LogP contribution in [0.3, 0.4) is 0 Å². The van der Waals surface area contributed by atoms with Crippen molar-refractivity contribution in [2.75, 3.05) is 0 Å². The zero-order valence-electron chi connectivity index (χ0n) is 8.39. The van der Waals surface area contributed by atoms with Gasteiger partial charge in [0, 0.05) is 5.92 Å². The summed E-state index contributed by atoms with van der Waals surface area (Å²) in [5.74, 6) is 3.40. The van der Waals surface area contributed by atoms with Crippen molar-refractivity contribution >= 4 is 0 Å². The lowest BCUT2D eigenvalue weighted by Gasteiger charge is -2.55. The summed E-state index contributed by atoms with van der Waals surface area (Å²) < 4.78 is 0. The molecule has 68 valence electrons. The molecule has 0 aromatic rings. The number of terminal acetylenes is 1. The Labute approximate surface area is 75.2 Å². The highest BCUT2D eigenvalue weighted by molar-refractivity contribution is 5.15. The van der Waals surface area contributed by atoms with Gasteiger partial charge < -0.3 is 5.11 Å². The van der Waals surface area contributed by atoms with Gasteiger partial charge in [0.05, 0.1) is 0 Å². The average molecular weight is 166 g/mol. The summed E-state index contributed by atoms with van der Waals surface area (Å²) in [4.78, 5) is 0. The van der Waals surface area contributed by atoms with Crippen LogP contribution in [0.5, 0.6) is 0 Å². The van der Waals surface area contributed by atoms with Crippen molar-refractivity contribution < 1.29 is 5.11 Å². The second-order valence-electron chi connectivity index (χ2n) is 4.80. The first-order valence-electron chi connectivity index (χ1n) is 4.52. The molecule has 0 spiro atoms. The second-order valence-corrected chi connectivity index (χ2v) is 4.80. The van der Waals surface area contributed by atoms with Crippen LogP contribution in [0.25, 0.3) is 0 Å². The Morgan fingerprint density at radius 1 is 1.58 bits per heavy atom. The van der Waals surface area contributed by atoms with Gasteiger partial charge in [0.25, 0.3) is 0 Å². The predicted octanol–water partition coefficient (Wildman–Crippen LogP) is 2.05. The van der Waals surface area contributed by atoms with Crippen molar-refractivity contribution in [3.05, 3.63) is 0 Å². The van der Waals surface area contributed by atoms with E-state index in [-0.39, 0.29) is 11.3 Å². The minimum atomic E-state index is -0.921. The lowest BCUT2D eigenvalue weighted by molar-refractivity contribution is -0.112. The van der Waals surface area contributed by atoms with E-state index < -0.39 is 5.60 Å². The Balaban J connectivity index is 2.77. The molecule has 1 aliphatic carbocycles. The molecule has 1 heteroatoms. The molecule has 3 atom stereocenters. The number of hydrogen-bond acceptors (Lipinski definition) is 1. The molecule has 1 saturated carbocycles. The van der Waals surface area contributed by atoms with Crippen molar-refractivity contribution in [3.63, 3.8) is 0 Å². The van der Waals surface area contributed by atoms with Gasteiger partial charge in [-0.25, -0.2) is 0 Å². The predicted molar refractivity (Wildman–Crippen MR) is 50.5 cm³/mol. The summed E-state index contributed by atoms with van der Waals surface area (Å²) in [5.41, 5.74) is -0.730. The SMILES string of the molecule is C#CC(C)(O)C1CC(C)C1(C)C. The van der Waals surface area contributed by atoms with E-state index >= 15 is 0 Å². The third-order valence-corrected chi connectivity index (χ3v) is 3.73. The maximum Gasteiger partial charge on any atom is 0.125 e. The molecule has 1 N–H and O–H groups in total. The zero-order valence-corrected chi connectivity index (χ0v) is 8.39. The van der Waals surface area contributed by atoms with Crippen LogP contribution in [-0.4, -0.2) is 10.7 Å². The maximum atomic E-state index is 9.86. The molecule has 1 rings (SSSR count). The molecule has 1 nitrogen and oxygen atoms in total. The number of rotatable bonds is 1. The maximum absolute atomic E-state index is 9.86. The molecule has 0 radical (unpaired) electrons. The average Bonchev–Trinajstić information content (AvgIpc) is 2.00. The van der Waals surface area contributed by atoms with E-state index in [4.69, 9.17) is 6.42 Å². The van der Waals surface area contributed by atoms with Crippen LogP contribution < -0.4 is 0 Å². The molecule has 0 saturated heterocycles. The third-order valence-electron chi connectivity index (χ3n) is 3.73. The van der Waals surface area contributed by atoms with Crippen molar-refractivity contribution in [1.29, 1.82) is 0 Å². The second kappa shape index (κ2) is 2.50. The van der Waals surface area contributed by atoms with E-state index in [0.717, 1.165) is 6.42 Å². The van der Waals surface area contributed by atoms with Crippen LogP contribution >= 0.6 is 0 Å². The number of aliphatic hydroxyl groups is 1. The van der Waals surface area contributed by atoms with Gasteiger partial charge in [-0.3, -0.25) is 0 Å². The fourth-order valence-corrected chi connectivity index (χ4v) is 2.20. The van der Waals surface area contributed by atoms with Gasteiger partial charge in [-0.2, -0.15) is 0 Å². The van der Waals surface area contributed by atoms with E-state index in [1.807, 2.05) is 0 Å². The van der Waals surface area contributed by atoms with Gasteiger partial charge in [0.2, 0.25) is 0 Å². The van der Waals surface area contributed by atoms with Crippen LogP contribution in [0.4, 0.5) is 0 Å². The molecule has 0 bridgehead atoms. The standard InChI is InChI=1S/C11H18O/c1-6-11(5,12)9-7-8(2)10(9,3)4/h1,8-9,12H,7H2,2-5H3.